The maximum atomic E-state index is 12.0. The highest BCUT2D eigenvalue weighted by Gasteiger charge is 2.04. The van der Waals surface area contributed by atoms with E-state index < -0.39 is 0 Å². The third-order valence-electron chi connectivity index (χ3n) is 3.05. The highest BCUT2D eigenvalue weighted by Crippen LogP contribution is 2.14. The summed E-state index contributed by atoms with van der Waals surface area (Å²) in [6, 6.07) is 12.8. The van der Waals surface area contributed by atoms with Crippen LogP contribution in [0.4, 0.5) is 0 Å². The Morgan fingerprint density at radius 3 is 2.35 bits per heavy atom. The van der Waals surface area contributed by atoms with Crippen LogP contribution in [0.2, 0.25) is 0 Å². The van der Waals surface area contributed by atoms with Crippen LogP contribution in [0.25, 0.3) is 17.1 Å². The predicted octanol–water partition coefficient (Wildman–Crippen LogP) is 2.60. The largest absolute Gasteiger partial charge is 0.284 e. The molecule has 0 aliphatic rings. The highest BCUT2D eigenvalue weighted by molar-refractivity contribution is 5.53. The molecule has 2 aromatic heterocycles. The van der Waals surface area contributed by atoms with Crippen LogP contribution in [0, 0.1) is 6.92 Å². The monoisotopic (exact) mass is 263 g/mol. The summed E-state index contributed by atoms with van der Waals surface area (Å²) in [6.45, 7) is 2.01. The number of aryl methyl sites for hydroxylation is 1. The average Bonchev–Trinajstić information content (AvgIpc) is 2.50. The van der Waals surface area contributed by atoms with Crippen LogP contribution >= 0.6 is 0 Å². The maximum Gasteiger partial charge on any atom is 0.255 e. The second kappa shape index (κ2) is 5.09. The molecule has 0 bridgehead atoms. The minimum Gasteiger partial charge on any atom is -0.284 e. The smallest absolute Gasteiger partial charge is 0.255 e. The average molecular weight is 263 g/mol. The lowest BCUT2D eigenvalue weighted by Gasteiger charge is -2.08. The number of aromatic nitrogens is 3. The van der Waals surface area contributed by atoms with Gasteiger partial charge in [0.05, 0.1) is 0 Å². The lowest BCUT2D eigenvalue weighted by atomic mass is 10.2. The SMILES string of the molecule is Cc1ccc(-n2cc(-c3ncccn3)ccc2=O)cc1. The summed E-state index contributed by atoms with van der Waals surface area (Å²) in [4.78, 5) is 20.4. The first kappa shape index (κ1) is 12.3. The molecule has 1 aromatic carbocycles. The first-order valence-corrected chi connectivity index (χ1v) is 6.31. The molecule has 0 unspecified atom stereocenters. The van der Waals surface area contributed by atoms with Crippen molar-refractivity contribution in [3.63, 3.8) is 0 Å². The van der Waals surface area contributed by atoms with Gasteiger partial charge in [0.25, 0.3) is 5.56 Å². The topological polar surface area (TPSA) is 47.8 Å². The Morgan fingerprint density at radius 1 is 0.950 bits per heavy atom. The van der Waals surface area contributed by atoms with Crippen LogP contribution < -0.4 is 5.56 Å². The Hall–Kier alpha value is -2.75. The van der Waals surface area contributed by atoms with Gasteiger partial charge in [-0.3, -0.25) is 9.36 Å². The van der Waals surface area contributed by atoms with E-state index in [0.717, 1.165) is 16.8 Å². The zero-order valence-electron chi connectivity index (χ0n) is 11.0. The van der Waals surface area contributed by atoms with Gasteiger partial charge in [0.2, 0.25) is 0 Å². The first-order valence-electron chi connectivity index (χ1n) is 6.31. The fraction of sp³-hybridized carbons (Fsp3) is 0.0625. The molecular weight excluding hydrogens is 250 g/mol. The molecule has 0 saturated carbocycles. The minimum absolute atomic E-state index is 0.0754. The van der Waals surface area contributed by atoms with Crippen molar-refractivity contribution in [2.45, 2.75) is 6.92 Å². The van der Waals surface area contributed by atoms with Gasteiger partial charge >= 0.3 is 0 Å². The van der Waals surface area contributed by atoms with Gasteiger partial charge in [0.15, 0.2) is 5.82 Å². The molecule has 0 aliphatic heterocycles. The number of hydrogen-bond acceptors (Lipinski definition) is 3. The van der Waals surface area contributed by atoms with Crippen LogP contribution in [0.15, 0.2) is 65.8 Å². The predicted molar refractivity (Wildman–Crippen MR) is 77.8 cm³/mol. The fourth-order valence-corrected chi connectivity index (χ4v) is 1.97. The Bertz CT molecular complexity index is 777. The summed E-state index contributed by atoms with van der Waals surface area (Å²) in [5.41, 5.74) is 2.72. The van der Waals surface area contributed by atoms with Crippen LogP contribution in [0.1, 0.15) is 5.56 Å². The van der Waals surface area contributed by atoms with E-state index in [2.05, 4.69) is 9.97 Å². The number of hydrogen-bond donors (Lipinski definition) is 0. The Balaban J connectivity index is 2.12. The summed E-state index contributed by atoms with van der Waals surface area (Å²) in [7, 11) is 0. The summed E-state index contributed by atoms with van der Waals surface area (Å²) in [6.07, 6.45) is 5.13. The highest BCUT2D eigenvalue weighted by atomic mass is 16.1. The lowest BCUT2D eigenvalue weighted by Crippen LogP contribution is -2.16. The van der Waals surface area contributed by atoms with Gasteiger partial charge in [0.1, 0.15) is 0 Å². The van der Waals surface area contributed by atoms with E-state index in [0.29, 0.717) is 5.82 Å². The summed E-state index contributed by atoms with van der Waals surface area (Å²) in [5.74, 6) is 0.605. The molecule has 0 N–H and O–H groups in total. The first-order chi connectivity index (χ1) is 9.74. The zero-order valence-corrected chi connectivity index (χ0v) is 11.0. The Labute approximate surface area is 116 Å². The number of nitrogens with zero attached hydrogens (tertiary/aromatic N) is 3. The van der Waals surface area contributed by atoms with Crippen molar-refractivity contribution in [2.75, 3.05) is 0 Å². The van der Waals surface area contributed by atoms with E-state index in [1.54, 1.807) is 35.3 Å². The molecule has 98 valence electrons. The minimum atomic E-state index is -0.0754. The summed E-state index contributed by atoms with van der Waals surface area (Å²) < 4.78 is 1.60. The van der Waals surface area contributed by atoms with Crippen LogP contribution in [-0.4, -0.2) is 14.5 Å². The van der Waals surface area contributed by atoms with Crippen molar-refractivity contribution >= 4 is 0 Å². The van der Waals surface area contributed by atoms with Gasteiger partial charge in [-0.1, -0.05) is 17.7 Å². The quantitative estimate of drug-likeness (QED) is 0.714. The van der Waals surface area contributed by atoms with E-state index in [9.17, 15) is 4.79 Å². The van der Waals surface area contributed by atoms with Gasteiger partial charge in [-0.05, 0) is 31.2 Å². The maximum absolute atomic E-state index is 12.0. The normalized spacial score (nSPS) is 10.4. The summed E-state index contributed by atoms with van der Waals surface area (Å²) in [5, 5.41) is 0. The number of pyridine rings is 1. The lowest BCUT2D eigenvalue weighted by molar-refractivity contribution is 0.985. The molecule has 0 radical (unpaired) electrons. The van der Waals surface area contributed by atoms with E-state index in [-0.39, 0.29) is 5.56 Å². The van der Waals surface area contributed by atoms with E-state index in [1.807, 2.05) is 31.2 Å². The molecule has 0 spiro atoms. The zero-order chi connectivity index (χ0) is 13.9. The standard InChI is InChI=1S/C16H13N3O/c1-12-3-6-14(7-4-12)19-11-13(5-8-15(19)20)16-17-9-2-10-18-16/h2-11H,1H3. The molecular formula is C16H13N3O. The second-order valence-corrected chi connectivity index (χ2v) is 4.53. The van der Waals surface area contributed by atoms with E-state index in [1.165, 1.54) is 6.07 Å². The third-order valence-corrected chi connectivity index (χ3v) is 3.05. The van der Waals surface area contributed by atoms with Crippen molar-refractivity contribution in [3.05, 3.63) is 77.0 Å². The molecule has 0 atom stereocenters. The van der Waals surface area contributed by atoms with Gasteiger partial charge in [-0.15, -0.1) is 0 Å². The number of rotatable bonds is 2. The van der Waals surface area contributed by atoms with Crippen molar-refractivity contribution in [1.82, 2.24) is 14.5 Å². The number of benzene rings is 1. The second-order valence-electron chi connectivity index (χ2n) is 4.53. The van der Waals surface area contributed by atoms with Crippen LogP contribution in [-0.2, 0) is 0 Å². The van der Waals surface area contributed by atoms with Gasteiger partial charge in [0, 0.05) is 35.9 Å². The van der Waals surface area contributed by atoms with E-state index in [4.69, 9.17) is 0 Å². The molecule has 20 heavy (non-hydrogen) atoms. The Kier molecular flexibility index (Phi) is 3.13. The molecule has 4 heteroatoms. The molecule has 0 aliphatic carbocycles. The van der Waals surface area contributed by atoms with Crippen molar-refractivity contribution < 1.29 is 0 Å². The Morgan fingerprint density at radius 2 is 1.65 bits per heavy atom. The van der Waals surface area contributed by atoms with Crippen LogP contribution in [0.3, 0.4) is 0 Å². The van der Waals surface area contributed by atoms with Crippen molar-refractivity contribution in [1.29, 1.82) is 0 Å². The fourth-order valence-electron chi connectivity index (χ4n) is 1.97. The molecule has 0 saturated heterocycles. The molecule has 3 aromatic rings. The van der Waals surface area contributed by atoms with Gasteiger partial charge < -0.3 is 0 Å². The molecule has 4 nitrogen and oxygen atoms in total. The van der Waals surface area contributed by atoms with Gasteiger partial charge in [-0.25, -0.2) is 9.97 Å². The molecule has 2 heterocycles. The van der Waals surface area contributed by atoms with Crippen LogP contribution in [0.5, 0.6) is 0 Å². The molecule has 0 fully saturated rings. The van der Waals surface area contributed by atoms with Gasteiger partial charge in [-0.2, -0.15) is 0 Å². The summed E-state index contributed by atoms with van der Waals surface area (Å²) >= 11 is 0. The molecule has 3 rings (SSSR count). The van der Waals surface area contributed by atoms with Crippen molar-refractivity contribution in [3.8, 4) is 17.1 Å². The molecule has 0 amide bonds. The van der Waals surface area contributed by atoms with E-state index >= 15 is 0 Å². The third kappa shape index (κ3) is 2.36. The van der Waals surface area contributed by atoms with Crippen molar-refractivity contribution in [2.24, 2.45) is 0 Å².